The van der Waals surface area contributed by atoms with Crippen molar-refractivity contribution in [3.8, 4) is 0 Å². The zero-order valence-electron chi connectivity index (χ0n) is 8.30. The molecule has 0 aliphatic carbocycles. The highest BCUT2D eigenvalue weighted by Crippen LogP contribution is 2.20. The van der Waals surface area contributed by atoms with E-state index in [0.29, 0.717) is 6.42 Å². The summed E-state index contributed by atoms with van der Waals surface area (Å²) in [5.74, 6) is 0.211. The monoisotopic (exact) mass is 378 g/mol. The molecule has 0 aliphatic heterocycles. The lowest BCUT2D eigenvalue weighted by molar-refractivity contribution is 0.0979. The average molecular weight is 379 g/mol. The number of unbranched alkanes of at least 4 members (excludes halogenated alkanes) is 1. The zero-order chi connectivity index (χ0) is 11.3. The van der Waals surface area contributed by atoms with Crippen LogP contribution in [0.4, 0.5) is 0 Å². The van der Waals surface area contributed by atoms with Crippen molar-refractivity contribution in [2.24, 2.45) is 0 Å². The van der Waals surface area contributed by atoms with Gasteiger partial charge in [-0.25, -0.2) is 0 Å². The number of rotatable bonds is 5. The molecule has 0 spiro atoms. The van der Waals surface area contributed by atoms with Gasteiger partial charge in [-0.2, -0.15) is 0 Å². The molecule has 0 aliphatic rings. The highest BCUT2D eigenvalue weighted by molar-refractivity contribution is 14.1. The van der Waals surface area contributed by atoms with E-state index in [-0.39, 0.29) is 5.78 Å². The smallest absolute Gasteiger partial charge is 0.163 e. The maximum absolute atomic E-state index is 11.8. The summed E-state index contributed by atoms with van der Waals surface area (Å²) < 4.78 is 1.97. The summed E-state index contributed by atoms with van der Waals surface area (Å²) in [6, 6.07) is 5.78. The molecule has 0 aromatic heterocycles. The van der Waals surface area contributed by atoms with E-state index in [1.54, 1.807) is 0 Å². The third-order valence-corrected chi connectivity index (χ3v) is 3.47. The Morgan fingerprint density at radius 1 is 1.53 bits per heavy atom. The van der Waals surface area contributed by atoms with Gasteiger partial charge in [0.25, 0.3) is 0 Å². The van der Waals surface area contributed by atoms with E-state index >= 15 is 0 Å². The van der Waals surface area contributed by atoms with Crippen LogP contribution in [0.3, 0.4) is 0 Å². The summed E-state index contributed by atoms with van der Waals surface area (Å²) in [6.07, 6.45) is 4.22. The first-order valence-electron chi connectivity index (χ1n) is 4.74. The van der Waals surface area contributed by atoms with Crippen molar-refractivity contribution in [1.82, 2.24) is 0 Å². The lowest BCUT2D eigenvalue weighted by Crippen LogP contribution is -2.01. The Labute approximate surface area is 112 Å². The lowest BCUT2D eigenvalue weighted by atomic mass is 10.1. The van der Waals surface area contributed by atoms with Crippen LogP contribution in [0.15, 0.2) is 35.3 Å². The Morgan fingerprint density at radius 3 is 2.93 bits per heavy atom. The minimum Gasteiger partial charge on any atom is -0.294 e. The van der Waals surface area contributed by atoms with Crippen LogP contribution in [0.5, 0.6) is 0 Å². The van der Waals surface area contributed by atoms with Crippen LogP contribution in [0.1, 0.15) is 29.6 Å². The first kappa shape index (κ1) is 12.9. The van der Waals surface area contributed by atoms with Crippen molar-refractivity contribution in [2.75, 3.05) is 0 Å². The first-order chi connectivity index (χ1) is 7.15. The average Bonchev–Trinajstić information content (AvgIpc) is 2.22. The van der Waals surface area contributed by atoms with Gasteiger partial charge in [-0.05, 0) is 53.6 Å². The molecule has 0 saturated carbocycles. The van der Waals surface area contributed by atoms with Crippen molar-refractivity contribution >= 4 is 44.3 Å². The molecule has 0 heterocycles. The molecule has 1 rings (SSSR count). The largest absolute Gasteiger partial charge is 0.294 e. The molecule has 0 radical (unpaired) electrons. The number of ketones is 1. The van der Waals surface area contributed by atoms with Gasteiger partial charge in [0.05, 0.1) is 0 Å². The standard InChI is InChI=1S/C12H12BrIO/c1-2-3-4-5-12(15)10-8-9(13)6-7-11(10)14/h2,6-8H,1,3-5H2. The third-order valence-electron chi connectivity index (χ3n) is 2.04. The van der Waals surface area contributed by atoms with E-state index in [1.165, 1.54) is 0 Å². The minimum atomic E-state index is 0.211. The number of hydrogen-bond acceptors (Lipinski definition) is 1. The summed E-state index contributed by atoms with van der Waals surface area (Å²) in [7, 11) is 0. The van der Waals surface area contributed by atoms with Gasteiger partial charge in [0.15, 0.2) is 5.78 Å². The van der Waals surface area contributed by atoms with Gasteiger partial charge in [0.2, 0.25) is 0 Å². The maximum atomic E-state index is 11.8. The fraction of sp³-hybridized carbons (Fsp3) is 0.250. The molecule has 0 unspecified atom stereocenters. The number of hydrogen-bond donors (Lipinski definition) is 0. The number of carbonyl (C=O) groups excluding carboxylic acids is 1. The summed E-state index contributed by atoms with van der Waals surface area (Å²) >= 11 is 5.57. The van der Waals surface area contributed by atoms with E-state index in [0.717, 1.165) is 26.4 Å². The molecule has 0 saturated heterocycles. The van der Waals surface area contributed by atoms with Crippen LogP contribution >= 0.6 is 38.5 Å². The van der Waals surface area contributed by atoms with Gasteiger partial charge >= 0.3 is 0 Å². The molecule has 1 nitrogen and oxygen atoms in total. The van der Waals surface area contributed by atoms with Crippen LogP contribution in [-0.2, 0) is 0 Å². The van der Waals surface area contributed by atoms with Crippen LogP contribution in [-0.4, -0.2) is 5.78 Å². The van der Waals surface area contributed by atoms with Gasteiger partial charge in [-0.1, -0.05) is 22.0 Å². The number of Topliss-reactive ketones (excluding diaryl/α,β-unsaturated/α-hetero) is 1. The van der Waals surface area contributed by atoms with Crippen LogP contribution < -0.4 is 0 Å². The molecular formula is C12H12BrIO. The molecule has 0 N–H and O–H groups in total. The topological polar surface area (TPSA) is 17.1 Å². The van der Waals surface area contributed by atoms with E-state index in [9.17, 15) is 4.79 Å². The van der Waals surface area contributed by atoms with Crippen molar-refractivity contribution in [3.63, 3.8) is 0 Å². The molecule has 0 amide bonds. The molecule has 15 heavy (non-hydrogen) atoms. The fourth-order valence-corrected chi connectivity index (χ4v) is 2.25. The van der Waals surface area contributed by atoms with Crippen molar-refractivity contribution in [2.45, 2.75) is 19.3 Å². The number of carbonyl (C=O) groups is 1. The Morgan fingerprint density at radius 2 is 2.27 bits per heavy atom. The van der Waals surface area contributed by atoms with E-state index < -0.39 is 0 Å². The van der Waals surface area contributed by atoms with E-state index in [4.69, 9.17) is 0 Å². The van der Waals surface area contributed by atoms with Gasteiger partial charge < -0.3 is 0 Å². The summed E-state index contributed by atoms with van der Waals surface area (Å²) in [4.78, 5) is 11.8. The van der Waals surface area contributed by atoms with Crippen LogP contribution in [0.2, 0.25) is 0 Å². The molecule has 0 bridgehead atoms. The van der Waals surface area contributed by atoms with Gasteiger partial charge in [0.1, 0.15) is 0 Å². The molecule has 0 fully saturated rings. The van der Waals surface area contributed by atoms with Gasteiger partial charge in [-0.15, -0.1) is 6.58 Å². The normalized spacial score (nSPS) is 10.0. The highest BCUT2D eigenvalue weighted by Gasteiger charge is 2.09. The molecule has 3 heteroatoms. The summed E-state index contributed by atoms with van der Waals surface area (Å²) in [6.45, 7) is 3.64. The van der Waals surface area contributed by atoms with Crippen molar-refractivity contribution < 1.29 is 4.79 Å². The van der Waals surface area contributed by atoms with Gasteiger partial charge in [-0.3, -0.25) is 4.79 Å². The zero-order valence-corrected chi connectivity index (χ0v) is 12.0. The Kier molecular flexibility index (Phi) is 5.53. The summed E-state index contributed by atoms with van der Waals surface area (Å²) in [5, 5.41) is 0. The van der Waals surface area contributed by atoms with Crippen molar-refractivity contribution in [1.29, 1.82) is 0 Å². The van der Waals surface area contributed by atoms with Crippen molar-refractivity contribution in [3.05, 3.63) is 44.5 Å². The third kappa shape index (κ3) is 4.07. The predicted octanol–water partition coefficient (Wildman–Crippen LogP) is 4.59. The van der Waals surface area contributed by atoms with Crippen LogP contribution in [0, 0.1) is 3.57 Å². The molecule has 1 aromatic rings. The predicted molar refractivity (Wildman–Crippen MR) is 75.2 cm³/mol. The second-order valence-electron chi connectivity index (χ2n) is 3.23. The van der Waals surface area contributed by atoms with Crippen LogP contribution in [0.25, 0.3) is 0 Å². The highest BCUT2D eigenvalue weighted by atomic mass is 127. The first-order valence-corrected chi connectivity index (χ1v) is 6.61. The SMILES string of the molecule is C=CCCCC(=O)c1cc(Br)ccc1I. The van der Waals surface area contributed by atoms with E-state index in [2.05, 4.69) is 45.1 Å². The second kappa shape index (κ2) is 6.43. The number of halogens is 2. The maximum Gasteiger partial charge on any atom is 0.163 e. The number of benzene rings is 1. The Hall–Kier alpha value is -0.160. The molecule has 1 aromatic carbocycles. The molecule has 0 atom stereocenters. The quantitative estimate of drug-likeness (QED) is 0.317. The molecule has 80 valence electrons. The van der Waals surface area contributed by atoms with Gasteiger partial charge in [0, 0.05) is 20.0 Å². The Bertz CT molecular complexity index is 374. The lowest BCUT2D eigenvalue weighted by Gasteiger charge is -2.03. The minimum absolute atomic E-state index is 0.211. The second-order valence-corrected chi connectivity index (χ2v) is 5.31. The number of allylic oxidation sites excluding steroid dienone is 1. The van der Waals surface area contributed by atoms with E-state index in [1.807, 2.05) is 24.3 Å². The molecular weight excluding hydrogens is 367 g/mol. The summed E-state index contributed by atoms with van der Waals surface area (Å²) in [5.41, 5.74) is 0.814. The fourth-order valence-electron chi connectivity index (χ4n) is 1.25. The Balaban J connectivity index is 2.72.